The molecule has 3 heteroatoms. The van der Waals surface area contributed by atoms with Gasteiger partial charge in [-0.2, -0.15) is 0 Å². The Bertz CT molecular complexity index is 416. The minimum absolute atomic E-state index is 0.216. The molecule has 0 spiro atoms. The minimum atomic E-state index is -0.952. The number of carboxylic acid groups (broad SMARTS) is 1. The minimum Gasteiger partial charge on any atom is -0.478 e. The summed E-state index contributed by atoms with van der Waals surface area (Å²) in [5.41, 5.74) is 2.63. The quantitative estimate of drug-likeness (QED) is 0.581. The van der Waals surface area contributed by atoms with Crippen molar-refractivity contribution in [3.63, 3.8) is 0 Å². The van der Waals surface area contributed by atoms with E-state index in [1.165, 1.54) is 5.57 Å². The summed E-state index contributed by atoms with van der Waals surface area (Å²) in [5, 5.41) is 9.61. The lowest BCUT2D eigenvalue weighted by Gasteiger charge is -2.07. The van der Waals surface area contributed by atoms with Gasteiger partial charge in [-0.15, -0.1) is 0 Å². The van der Waals surface area contributed by atoms with E-state index in [0.29, 0.717) is 11.0 Å². The Balaban J connectivity index is 3.06. The lowest BCUT2D eigenvalue weighted by atomic mass is 10.00. The van der Waals surface area contributed by atoms with Crippen molar-refractivity contribution in [2.75, 3.05) is 0 Å². The average molecular weight is 269 g/mol. The molecule has 0 heterocycles. The van der Waals surface area contributed by atoms with E-state index >= 15 is 0 Å². The van der Waals surface area contributed by atoms with Gasteiger partial charge in [-0.3, -0.25) is 0 Å². The molecule has 0 saturated heterocycles. The Morgan fingerprint density at radius 3 is 2.67 bits per heavy atom. The van der Waals surface area contributed by atoms with Gasteiger partial charge >= 0.3 is 5.97 Å². The molecule has 1 rings (SSSR count). The molecule has 0 amide bonds. The molecule has 0 bridgehead atoms. The summed E-state index contributed by atoms with van der Waals surface area (Å²) in [4.78, 5) is 11.3. The maximum Gasteiger partial charge on any atom is 0.337 e. The maximum absolute atomic E-state index is 11.3. The smallest absolute Gasteiger partial charge is 0.337 e. The zero-order chi connectivity index (χ0) is 13.7. The van der Waals surface area contributed by atoms with Crippen LogP contribution in [0.5, 0.6) is 0 Å². The van der Waals surface area contributed by atoms with Crippen LogP contribution in [0.15, 0.2) is 33.9 Å². The highest BCUT2D eigenvalue weighted by Gasteiger charge is 2.20. The van der Waals surface area contributed by atoms with Crippen LogP contribution in [0, 0.1) is 5.92 Å². The van der Waals surface area contributed by atoms with Gasteiger partial charge in [0.05, 0.1) is 10.6 Å². The number of unbranched alkanes of at least 4 members (excludes halogenated alkanes) is 1. The maximum atomic E-state index is 11.3. The molecule has 0 saturated carbocycles. The summed E-state index contributed by atoms with van der Waals surface area (Å²) in [6.45, 7) is 6.24. The second-order valence-electron chi connectivity index (χ2n) is 4.88. The molecule has 2 nitrogen and oxygen atoms in total. The predicted octanol–water partition coefficient (Wildman–Crippen LogP) is 4.67. The van der Waals surface area contributed by atoms with Crippen molar-refractivity contribution in [3.8, 4) is 0 Å². The van der Waals surface area contributed by atoms with Crippen LogP contribution in [0.3, 0.4) is 0 Å². The Morgan fingerprint density at radius 2 is 2.22 bits per heavy atom. The van der Waals surface area contributed by atoms with Crippen molar-refractivity contribution in [2.24, 2.45) is 5.92 Å². The van der Waals surface area contributed by atoms with Gasteiger partial charge in [-0.05, 0) is 43.8 Å². The molecule has 0 aromatic rings. The fourth-order valence-electron chi connectivity index (χ4n) is 2.19. The van der Waals surface area contributed by atoms with Gasteiger partial charge in [0.1, 0.15) is 0 Å². The number of carbonyl (C=O) groups is 1. The van der Waals surface area contributed by atoms with Gasteiger partial charge < -0.3 is 5.11 Å². The summed E-state index contributed by atoms with van der Waals surface area (Å²) in [7, 11) is 0. The first-order chi connectivity index (χ1) is 8.47. The lowest BCUT2D eigenvalue weighted by Crippen LogP contribution is -2.03. The average Bonchev–Trinajstić information content (AvgIpc) is 2.63. The van der Waals surface area contributed by atoms with E-state index in [1.807, 2.05) is 6.92 Å². The fourth-order valence-corrected chi connectivity index (χ4v) is 2.43. The van der Waals surface area contributed by atoms with Crippen LogP contribution in [0.25, 0.3) is 0 Å². The van der Waals surface area contributed by atoms with E-state index in [-0.39, 0.29) is 5.57 Å². The first-order valence-electron chi connectivity index (χ1n) is 6.48. The van der Waals surface area contributed by atoms with E-state index in [2.05, 4.69) is 13.8 Å². The zero-order valence-electron chi connectivity index (χ0n) is 11.3. The largest absolute Gasteiger partial charge is 0.478 e. The first kappa shape index (κ1) is 15.0. The van der Waals surface area contributed by atoms with E-state index in [4.69, 9.17) is 11.6 Å². The van der Waals surface area contributed by atoms with Crippen LogP contribution in [0.4, 0.5) is 0 Å². The van der Waals surface area contributed by atoms with Crippen molar-refractivity contribution < 1.29 is 9.90 Å². The van der Waals surface area contributed by atoms with Crippen LogP contribution < -0.4 is 0 Å². The summed E-state index contributed by atoms with van der Waals surface area (Å²) < 4.78 is 0. The van der Waals surface area contributed by atoms with Gasteiger partial charge in [-0.1, -0.05) is 43.5 Å². The highest BCUT2D eigenvalue weighted by atomic mass is 35.5. The lowest BCUT2D eigenvalue weighted by molar-refractivity contribution is -0.132. The highest BCUT2D eigenvalue weighted by molar-refractivity contribution is 6.34. The van der Waals surface area contributed by atoms with Gasteiger partial charge in [0.25, 0.3) is 0 Å². The Hall–Kier alpha value is -1.02. The molecule has 0 aromatic heterocycles. The van der Waals surface area contributed by atoms with Crippen LogP contribution in [0.1, 0.15) is 46.5 Å². The third-order valence-corrected chi connectivity index (χ3v) is 3.73. The topological polar surface area (TPSA) is 37.3 Å². The van der Waals surface area contributed by atoms with E-state index in [0.717, 1.165) is 31.3 Å². The third-order valence-electron chi connectivity index (χ3n) is 3.38. The normalized spacial score (nSPS) is 21.7. The van der Waals surface area contributed by atoms with Crippen molar-refractivity contribution in [2.45, 2.75) is 46.5 Å². The molecule has 18 heavy (non-hydrogen) atoms. The Morgan fingerprint density at radius 1 is 1.56 bits per heavy atom. The van der Waals surface area contributed by atoms with E-state index < -0.39 is 5.97 Å². The number of halogens is 1. The second kappa shape index (κ2) is 6.79. The van der Waals surface area contributed by atoms with Gasteiger partial charge in [0.15, 0.2) is 0 Å². The van der Waals surface area contributed by atoms with Gasteiger partial charge in [0.2, 0.25) is 0 Å². The van der Waals surface area contributed by atoms with Crippen LogP contribution in [-0.2, 0) is 4.79 Å². The number of allylic oxidation sites excluding steroid dienone is 4. The molecule has 1 aliphatic carbocycles. The van der Waals surface area contributed by atoms with E-state index in [9.17, 15) is 9.90 Å². The van der Waals surface area contributed by atoms with Crippen molar-refractivity contribution in [3.05, 3.63) is 33.9 Å². The first-order valence-corrected chi connectivity index (χ1v) is 6.85. The Labute approximate surface area is 114 Å². The molecule has 0 aromatic carbocycles. The third kappa shape index (κ3) is 3.74. The molecule has 1 atom stereocenters. The SMILES string of the molecule is CCC/C=C(Cl)/C(=C\C1=C(C)CC[C@@H]1C)C(=O)O. The molecule has 0 fully saturated rings. The number of hydrogen-bond donors (Lipinski definition) is 1. The highest BCUT2D eigenvalue weighted by Crippen LogP contribution is 2.34. The number of hydrogen-bond acceptors (Lipinski definition) is 1. The number of carboxylic acids is 1. The molecule has 0 radical (unpaired) electrons. The van der Waals surface area contributed by atoms with Crippen molar-refractivity contribution in [1.29, 1.82) is 0 Å². The number of rotatable bonds is 5. The van der Waals surface area contributed by atoms with Crippen molar-refractivity contribution >= 4 is 17.6 Å². The summed E-state index contributed by atoms with van der Waals surface area (Å²) in [5.74, 6) is -0.526. The van der Waals surface area contributed by atoms with Crippen molar-refractivity contribution in [1.82, 2.24) is 0 Å². The molecule has 0 aliphatic heterocycles. The second-order valence-corrected chi connectivity index (χ2v) is 5.29. The standard InChI is InChI=1S/C15H21ClO2/c1-4-5-6-14(16)13(15(17)18)9-12-10(2)7-8-11(12)3/h6,9-10H,4-5,7-8H2,1-3H3,(H,17,18)/b13-9+,14-6-/t10-/m0/s1. The zero-order valence-corrected chi connectivity index (χ0v) is 12.0. The molecule has 100 valence electrons. The molecule has 1 N–H and O–H groups in total. The van der Waals surface area contributed by atoms with Crippen LogP contribution in [-0.4, -0.2) is 11.1 Å². The monoisotopic (exact) mass is 268 g/mol. The Kier molecular flexibility index (Phi) is 5.67. The molecule has 0 unspecified atom stereocenters. The fraction of sp³-hybridized carbons (Fsp3) is 0.533. The molecular formula is C15H21ClO2. The number of aliphatic carboxylic acids is 1. The molecular weight excluding hydrogens is 248 g/mol. The molecule has 1 aliphatic rings. The summed E-state index contributed by atoms with van der Waals surface area (Å²) in [6.07, 6.45) is 7.45. The predicted molar refractivity (Wildman–Crippen MR) is 75.7 cm³/mol. The van der Waals surface area contributed by atoms with Gasteiger partial charge in [-0.25, -0.2) is 4.79 Å². The summed E-state index contributed by atoms with van der Waals surface area (Å²) >= 11 is 6.08. The van der Waals surface area contributed by atoms with Crippen LogP contribution >= 0.6 is 11.6 Å². The van der Waals surface area contributed by atoms with Gasteiger partial charge in [0, 0.05) is 0 Å². The summed E-state index contributed by atoms with van der Waals surface area (Å²) in [6, 6.07) is 0. The van der Waals surface area contributed by atoms with E-state index in [1.54, 1.807) is 12.2 Å². The van der Waals surface area contributed by atoms with Crippen LogP contribution in [0.2, 0.25) is 0 Å².